The Morgan fingerprint density at radius 1 is 1.29 bits per heavy atom. The molecule has 0 aliphatic carbocycles. The van der Waals surface area contributed by atoms with Crippen molar-refractivity contribution in [1.29, 1.82) is 5.26 Å². The third-order valence-electron chi connectivity index (χ3n) is 0. The first-order valence-corrected chi connectivity index (χ1v) is 0.512. The molecular formula is CH2N2O2PbZn. The van der Waals surface area contributed by atoms with Gasteiger partial charge < -0.3 is 16.7 Å². The zero-order valence-electron chi connectivity index (χ0n) is 3.55. The Morgan fingerprint density at radius 2 is 1.29 bits per heavy atom. The number of hydrogen-bond donors (Lipinski definition) is 1. The van der Waals surface area contributed by atoms with Crippen molar-refractivity contribution >= 4 is 27.3 Å². The quantitative estimate of drug-likeness (QED) is 0.338. The first-order chi connectivity index (χ1) is 1.41. The number of hydrogen-bond acceptors (Lipinski definition) is 2. The number of nitrogens with two attached hydrogens (primary N) is 1. The van der Waals surface area contributed by atoms with E-state index in [0.29, 0.717) is 0 Å². The summed E-state index contributed by atoms with van der Waals surface area (Å²) in [6.45, 7) is 0. The molecule has 0 aliphatic heterocycles. The van der Waals surface area contributed by atoms with Gasteiger partial charge in [0.1, 0.15) is 0 Å². The molecule has 4 nitrogen and oxygen atoms in total. The van der Waals surface area contributed by atoms with E-state index in [-0.39, 0.29) is 57.7 Å². The standard InChI is InChI=1S/CH2N2.2O.Pb.Zn/c2-1-3;;;;/h2H2;;;;/q;2*-2;2*+2. The predicted octanol–water partition coefficient (Wildman–Crippen LogP) is -1.19. The molecule has 0 amide bonds. The van der Waals surface area contributed by atoms with Crippen molar-refractivity contribution in [2.24, 2.45) is 5.73 Å². The summed E-state index contributed by atoms with van der Waals surface area (Å²) in [6, 6.07) is 0. The molecule has 7 heavy (non-hydrogen) atoms. The molecule has 0 heterocycles. The average molecular weight is 347 g/mol. The second-order valence-corrected chi connectivity index (χ2v) is 0.129. The Balaban J connectivity index is -0.00000000333. The summed E-state index contributed by atoms with van der Waals surface area (Å²) in [5, 5.41) is 7.10. The maximum absolute atomic E-state index is 7.10. The van der Waals surface area contributed by atoms with Crippen molar-refractivity contribution in [3.8, 4) is 6.19 Å². The van der Waals surface area contributed by atoms with Crippen LogP contribution in [0.15, 0.2) is 0 Å². The largest absolute Gasteiger partial charge is 2.00 e. The van der Waals surface area contributed by atoms with E-state index in [4.69, 9.17) is 5.26 Å². The normalized spacial score (nSPS) is 1.00. The molecular weight excluding hydrogens is 345 g/mol. The van der Waals surface area contributed by atoms with Gasteiger partial charge in [-0.25, -0.2) is 0 Å². The molecule has 0 aromatic heterocycles. The Bertz CT molecular complexity index is 37.2. The topological polar surface area (TPSA) is 107 Å². The maximum Gasteiger partial charge on any atom is 2.00 e. The Morgan fingerprint density at radius 3 is 1.29 bits per heavy atom. The van der Waals surface area contributed by atoms with Crippen LogP contribution in [0.2, 0.25) is 0 Å². The molecule has 0 saturated heterocycles. The number of nitrogens with zero attached hydrogens (tertiary/aromatic N) is 1. The fraction of sp³-hybridized carbons (Fsp3) is 0. The van der Waals surface area contributed by atoms with Crippen LogP contribution >= 0.6 is 0 Å². The first kappa shape index (κ1) is 46.6. The van der Waals surface area contributed by atoms with E-state index < -0.39 is 0 Å². The molecule has 0 atom stereocenters. The minimum Gasteiger partial charge on any atom is -2.00 e. The van der Waals surface area contributed by atoms with Crippen molar-refractivity contribution < 1.29 is 30.4 Å². The van der Waals surface area contributed by atoms with Gasteiger partial charge in [-0.3, -0.25) is 0 Å². The zero-order valence-corrected chi connectivity index (χ0v) is 10.4. The van der Waals surface area contributed by atoms with Crippen molar-refractivity contribution in [2.75, 3.05) is 0 Å². The fourth-order valence-corrected chi connectivity index (χ4v) is 0. The van der Waals surface area contributed by atoms with Crippen LogP contribution in [-0.2, 0) is 30.4 Å². The van der Waals surface area contributed by atoms with Crippen LogP contribution in [0.25, 0.3) is 0 Å². The molecule has 2 N–H and O–H groups in total. The summed E-state index contributed by atoms with van der Waals surface area (Å²) < 4.78 is 0. The first-order valence-electron chi connectivity index (χ1n) is 0.512. The summed E-state index contributed by atoms with van der Waals surface area (Å²) in [5.41, 5.74) is 4.15. The summed E-state index contributed by atoms with van der Waals surface area (Å²) in [6.07, 6.45) is 1.25. The van der Waals surface area contributed by atoms with Gasteiger partial charge in [0.05, 0.1) is 0 Å². The van der Waals surface area contributed by atoms with Crippen molar-refractivity contribution in [2.45, 2.75) is 0 Å². The van der Waals surface area contributed by atoms with E-state index in [1.165, 1.54) is 6.19 Å². The molecule has 0 aliphatic rings. The van der Waals surface area contributed by atoms with E-state index in [1.54, 1.807) is 0 Å². The molecule has 0 saturated carbocycles. The van der Waals surface area contributed by atoms with Gasteiger partial charge in [0.25, 0.3) is 0 Å². The van der Waals surface area contributed by atoms with E-state index in [1.807, 2.05) is 0 Å². The fourth-order valence-electron chi connectivity index (χ4n) is 0. The van der Waals surface area contributed by atoms with E-state index in [0.717, 1.165) is 0 Å². The molecule has 2 radical (unpaired) electrons. The van der Waals surface area contributed by atoms with Gasteiger partial charge in [0, 0.05) is 0 Å². The van der Waals surface area contributed by atoms with Crippen molar-refractivity contribution in [3.63, 3.8) is 0 Å². The summed E-state index contributed by atoms with van der Waals surface area (Å²) in [4.78, 5) is 0. The van der Waals surface area contributed by atoms with Crippen LogP contribution in [0, 0.1) is 11.5 Å². The molecule has 0 aromatic carbocycles. The van der Waals surface area contributed by atoms with Crippen LogP contribution in [0.4, 0.5) is 0 Å². The second-order valence-electron chi connectivity index (χ2n) is 0.129. The molecule has 0 unspecified atom stereocenters. The number of rotatable bonds is 0. The summed E-state index contributed by atoms with van der Waals surface area (Å²) >= 11 is 0. The van der Waals surface area contributed by atoms with Crippen LogP contribution in [0.1, 0.15) is 0 Å². The Kier molecular flexibility index (Phi) is 484. The van der Waals surface area contributed by atoms with Gasteiger partial charge in [0.2, 0.25) is 0 Å². The van der Waals surface area contributed by atoms with E-state index in [2.05, 4.69) is 5.73 Å². The van der Waals surface area contributed by atoms with Crippen LogP contribution in [-0.4, -0.2) is 27.3 Å². The molecule has 0 rings (SSSR count). The summed E-state index contributed by atoms with van der Waals surface area (Å²) in [5.74, 6) is 0. The van der Waals surface area contributed by atoms with Gasteiger partial charge in [-0.2, -0.15) is 5.26 Å². The van der Waals surface area contributed by atoms with Crippen LogP contribution in [0.3, 0.4) is 0 Å². The van der Waals surface area contributed by atoms with Crippen molar-refractivity contribution in [1.82, 2.24) is 0 Å². The zero-order chi connectivity index (χ0) is 2.71. The molecule has 0 spiro atoms. The van der Waals surface area contributed by atoms with Gasteiger partial charge in [0.15, 0.2) is 6.19 Å². The SMILES string of the molecule is N#CN.[O-2].[O-2].[Pb+2].[Zn+2]. The smallest absolute Gasteiger partial charge is 2.00 e. The van der Waals surface area contributed by atoms with E-state index >= 15 is 0 Å². The summed E-state index contributed by atoms with van der Waals surface area (Å²) in [7, 11) is 0. The van der Waals surface area contributed by atoms with E-state index in [9.17, 15) is 0 Å². The second kappa shape index (κ2) is 72.6. The minimum absolute atomic E-state index is 0. The Hall–Kier alpha value is 0.755. The van der Waals surface area contributed by atoms with Gasteiger partial charge >= 0.3 is 46.8 Å². The van der Waals surface area contributed by atoms with Crippen LogP contribution in [0.5, 0.6) is 0 Å². The van der Waals surface area contributed by atoms with Crippen molar-refractivity contribution in [3.05, 3.63) is 0 Å². The van der Waals surface area contributed by atoms with Crippen LogP contribution < -0.4 is 5.73 Å². The third-order valence-corrected chi connectivity index (χ3v) is 0. The minimum atomic E-state index is 0. The molecule has 0 fully saturated rings. The van der Waals surface area contributed by atoms with Gasteiger partial charge in [-0.1, -0.05) is 0 Å². The van der Waals surface area contributed by atoms with Gasteiger partial charge in [-0.15, -0.1) is 0 Å². The molecule has 34 valence electrons. The molecule has 6 heteroatoms. The predicted molar refractivity (Wildman–Crippen MR) is 16.9 cm³/mol. The number of nitriles is 1. The molecule has 0 aromatic rings. The monoisotopic (exact) mass is 346 g/mol. The van der Waals surface area contributed by atoms with Gasteiger partial charge in [-0.05, 0) is 0 Å². The average Bonchev–Trinajstić information content (AvgIpc) is 0.918. The molecule has 0 bridgehead atoms. The Labute approximate surface area is 74.6 Å². The maximum atomic E-state index is 7.10. The third kappa shape index (κ3) is 268.